The van der Waals surface area contributed by atoms with Crippen molar-refractivity contribution in [3.05, 3.63) is 111 Å². The number of nitrogens with one attached hydrogen (secondary N) is 2. The summed E-state index contributed by atoms with van der Waals surface area (Å²) >= 11 is 0. The van der Waals surface area contributed by atoms with E-state index in [1.165, 1.54) is 6.07 Å². The van der Waals surface area contributed by atoms with Crippen molar-refractivity contribution in [1.82, 2.24) is 40.0 Å². The zero-order chi connectivity index (χ0) is 51.6. The Kier molecular flexibility index (Phi) is 15.2. The van der Waals surface area contributed by atoms with E-state index in [4.69, 9.17) is 4.74 Å². The topological polar surface area (TPSA) is 169 Å². The highest BCUT2D eigenvalue weighted by atomic mass is 19.1. The number of nitrogens with zero attached hydrogens (tertiary/aromatic N) is 6. The summed E-state index contributed by atoms with van der Waals surface area (Å²) in [6, 6.07) is 19.0. The molecule has 6 heterocycles. The third-order valence-corrected chi connectivity index (χ3v) is 18.4. The molecule has 0 spiro atoms. The molecule has 4 aromatic rings. The molecule has 1 unspecified atom stereocenters. The number of rotatable bonds is 13. The predicted molar refractivity (Wildman–Crippen MR) is 281 cm³/mol. The number of H-pyrrole nitrogens is 1. The molecule has 7 fully saturated rings. The minimum absolute atomic E-state index is 0.0222. The standard InChI is InChI=1S/C59H73FN8O7/c60-50-18-15-39(33-51-47-13-4-5-14-48(47)55(71)63-62-51)32-49(50)57(73)67-30-28-65(29-31-67)52(69)36-64-24-19-45(20-25-64)59(37-75-38-59)46-21-26-66(27-22-46)58(74)53(40-8-2-1-3-9-40)61-54(70)43-11-6-10-42(34-43)44-12-7-23-68(35-44)56(72)41-16-17-41/h4-6,10-11,13-15,18,32,34,40-41,44-46,53H,1-3,7-9,12,16-17,19-31,33,35-38H2,(H,61,70)(H,63,71)/t44?,53-/m1/s1. The number of carbonyl (C=O) groups excluding carboxylic acids is 5. The van der Waals surface area contributed by atoms with Gasteiger partial charge in [-0.2, -0.15) is 5.10 Å². The first-order chi connectivity index (χ1) is 36.5. The number of piperidine rings is 3. The Morgan fingerprint density at radius 3 is 2.12 bits per heavy atom. The fourth-order valence-corrected chi connectivity index (χ4v) is 13.7. The van der Waals surface area contributed by atoms with Crippen molar-refractivity contribution in [2.75, 3.05) is 85.2 Å². The molecule has 2 saturated carbocycles. The Morgan fingerprint density at radius 1 is 0.707 bits per heavy atom. The summed E-state index contributed by atoms with van der Waals surface area (Å²) in [5.41, 5.74) is 2.74. The Morgan fingerprint density at radius 2 is 1.41 bits per heavy atom. The van der Waals surface area contributed by atoms with Crippen LogP contribution in [0.5, 0.6) is 0 Å². The number of fused-ring (bicyclic) bond motifs is 1. The molecule has 5 aliphatic heterocycles. The molecular weight excluding hydrogens is 952 g/mol. The highest BCUT2D eigenvalue weighted by molar-refractivity contribution is 5.98. The van der Waals surface area contributed by atoms with Crippen LogP contribution in [-0.2, 0) is 25.5 Å². The van der Waals surface area contributed by atoms with Gasteiger partial charge in [0.25, 0.3) is 17.4 Å². The Balaban J connectivity index is 0.648. The highest BCUT2D eigenvalue weighted by Crippen LogP contribution is 2.51. The van der Waals surface area contributed by atoms with Crippen LogP contribution in [0, 0.1) is 34.9 Å². The van der Waals surface area contributed by atoms with Gasteiger partial charge in [0, 0.05) is 87.0 Å². The third kappa shape index (κ3) is 11.0. The maximum absolute atomic E-state index is 15.2. The number of hydrogen-bond donors (Lipinski definition) is 2. The first-order valence-electron chi connectivity index (χ1n) is 28.1. The molecule has 5 amide bonds. The molecule has 7 aliphatic rings. The van der Waals surface area contributed by atoms with Gasteiger partial charge >= 0.3 is 0 Å². The lowest BCUT2D eigenvalue weighted by Gasteiger charge is -2.56. The molecule has 5 saturated heterocycles. The second-order valence-electron chi connectivity index (χ2n) is 23.0. The fraction of sp³-hybridized carbons (Fsp3) is 0.576. The lowest BCUT2D eigenvalue weighted by atomic mass is 9.59. The first kappa shape index (κ1) is 51.1. The van der Waals surface area contributed by atoms with Crippen LogP contribution in [0.25, 0.3) is 10.8 Å². The van der Waals surface area contributed by atoms with E-state index in [0.29, 0.717) is 98.2 Å². The molecule has 16 heteroatoms. The molecule has 1 aromatic heterocycles. The number of aromatic amines is 1. The van der Waals surface area contributed by atoms with Gasteiger partial charge in [-0.1, -0.05) is 55.7 Å². The van der Waals surface area contributed by atoms with E-state index in [0.717, 1.165) is 122 Å². The van der Waals surface area contributed by atoms with Crippen molar-refractivity contribution in [1.29, 1.82) is 0 Å². The van der Waals surface area contributed by atoms with E-state index >= 15 is 4.39 Å². The largest absolute Gasteiger partial charge is 0.380 e. The van der Waals surface area contributed by atoms with Gasteiger partial charge in [0.05, 0.1) is 36.4 Å². The van der Waals surface area contributed by atoms with E-state index in [-0.39, 0.29) is 57.9 Å². The predicted octanol–water partition coefficient (Wildman–Crippen LogP) is 6.40. The Labute approximate surface area is 438 Å². The highest BCUT2D eigenvalue weighted by Gasteiger charge is 2.52. The number of ether oxygens (including phenoxy) is 1. The number of piperazine rings is 1. The van der Waals surface area contributed by atoms with Crippen LogP contribution in [0.15, 0.2) is 71.5 Å². The summed E-state index contributed by atoms with van der Waals surface area (Å²) in [6.45, 7) is 7.63. The fourth-order valence-electron chi connectivity index (χ4n) is 13.7. The average Bonchev–Trinajstić information content (AvgIpc) is 4.30. The van der Waals surface area contributed by atoms with E-state index in [2.05, 4.69) is 26.5 Å². The van der Waals surface area contributed by atoms with Crippen LogP contribution in [0.3, 0.4) is 0 Å². The number of likely N-dealkylation sites (tertiary alicyclic amines) is 3. The summed E-state index contributed by atoms with van der Waals surface area (Å²) in [6.07, 6.45) is 13.2. The van der Waals surface area contributed by atoms with Crippen molar-refractivity contribution in [3.63, 3.8) is 0 Å². The molecule has 15 nitrogen and oxygen atoms in total. The van der Waals surface area contributed by atoms with Crippen molar-refractivity contribution >= 4 is 40.3 Å². The van der Waals surface area contributed by atoms with E-state index in [1.807, 2.05) is 45.0 Å². The third-order valence-electron chi connectivity index (χ3n) is 18.4. The normalized spacial score (nSPS) is 22.7. The first-order valence-corrected chi connectivity index (χ1v) is 28.1. The molecule has 3 aromatic carbocycles. The molecule has 11 rings (SSSR count). The number of amides is 5. The van der Waals surface area contributed by atoms with E-state index in [9.17, 15) is 28.8 Å². The molecule has 75 heavy (non-hydrogen) atoms. The Hall–Kier alpha value is -6.00. The van der Waals surface area contributed by atoms with Crippen molar-refractivity contribution < 1.29 is 33.1 Å². The quantitative estimate of drug-likeness (QED) is 0.154. The molecule has 2 atom stereocenters. The SMILES string of the molecule is O=C(N[C@@H](C(=O)N1CCC(C2(C3CCN(CC(=O)N4CCN(C(=O)c5cc(Cc6n[nH]c(=O)c7ccccc67)ccc5F)CC4)CC3)COC2)CC1)C1CCCCC1)c1cccc(C2CCCN(C(=O)C3CC3)C2)c1. The van der Waals surface area contributed by atoms with Crippen molar-refractivity contribution in [3.8, 4) is 0 Å². The lowest BCUT2D eigenvalue weighted by Crippen LogP contribution is -2.60. The van der Waals surface area contributed by atoms with Gasteiger partial charge in [0.2, 0.25) is 17.7 Å². The van der Waals surface area contributed by atoms with Gasteiger partial charge < -0.3 is 29.7 Å². The van der Waals surface area contributed by atoms with Gasteiger partial charge in [-0.15, -0.1) is 0 Å². The van der Waals surface area contributed by atoms with E-state index < -0.39 is 17.8 Å². The second-order valence-corrected chi connectivity index (χ2v) is 23.0. The van der Waals surface area contributed by atoms with Gasteiger partial charge in [-0.05, 0) is 137 Å². The molecule has 0 bridgehead atoms. The molecule has 398 valence electrons. The monoisotopic (exact) mass is 1020 g/mol. The minimum Gasteiger partial charge on any atom is -0.380 e. The van der Waals surface area contributed by atoms with Crippen molar-refractivity contribution in [2.24, 2.45) is 29.1 Å². The number of hydrogen-bond acceptors (Lipinski definition) is 9. The molecule has 2 aliphatic carbocycles. The maximum atomic E-state index is 15.2. The summed E-state index contributed by atoms with van der Waals surface area (Å²) in [5, 5.41) is 11.3. The van der Waals surface area contributed by atoms with Crippen LogP contribution in [-0.4, -0.2) is 155 Å². The summed E-state index contributed by atoms with van der Waals surface area (Å²) in [4.78, 5) is 91.1. The zero-order valence-corrected chi connectivity index (χ0v) is 43.3. The molecule has 2 N–H and O–H groups in total. The number of halogens is 1. The minimum atomic E-state index is -0.605. The summed E-state index contributed by atoms with van der Waals surface area (Å²) < 4.78 is 21.2. The second kappa shape index (κ2) is 22.3. The van der Waals surface area contributed by atoms with Crippen LogP contribution in [0.4, 0.5) is 4.39 Å². The van der Waals surface area contributed by atoms with Gasteiger partial charge in [0.1, 0.15) is 11.9 Å². The van der Waals surface area contributed by atoms with Gasteiger partial charge in [0.15, 0.2) is 0 Å². The number of carbonyl (C=O) groups is 5. The molecule has 0 radical (unpaired) electrons. The van der Waals surface area contributed by atoms with Crippen LogP contribution >= 0.6 is 0 Å². The van der Waals surface area contributed by atoms with E-state index in [1.54, 1.807) is 29.2 Å². The Bertz CT molecular complexity index is 2820. The van der Waals surface area contributed by atoms with Crippen LogP contribution in [0.2, 0.25) is 0 Å². The van der Waals surface area contributed by atoms with Crippen LogP contribution in [0.1, 0.15) is 127 Å². The maximum Gasteiger partial charge on any atom is 0.272 e. The zero-order valence-electron chi connectivity index (χ0n) is 43.3. The average molecular weight is 1030 g/mol. The lowest BCUT2D eigenvalue weighted by molar-refractivity contribution is -0.195. The summed E-state index contributed by atoms with van der Waals surface area (Å²) in [7, 11) is 0. The molecular formula is C59H73FN8O7. The summed E-state index contributed by atoms with van der Waals surface area (Å²) in [5.74, 6) is 0.547. The number of benzene rings is 3. The smallest absolute Gasteiger partial charge is 0.272 e. The van der Waals surface area contributed by atoms with Gasteiger partial charge in [-0.3, -0.25) is 33.7 Å². The van der Waals surface area contributed by atoms with Crippen molar-refractivity contribution in [2.45, 2.75) is 102 Å². The van der Waals surface area contributed by atoms with Crippen LogP contribution < -0.4 is 10.9 Å². The number of aromatic nitrogens is 2. The van der Waals surface area contributed by atoms with Gasteiger partial charge in [-0.25, -0.2) is 9.49 Å².